The van der Waals surface area contributed by atoms with Crippen LogP contribution in [0.25, 0.3) is 21.8 Å². The lowest BCUT2D eigenvalue weighted by atomic mass is 10.0. The molecule has 0 aliphatic carbocycles. The van der Waals surface area contributed by atoms with Crippen molar-refractivity contribution in [3.05, 3.63) is 71.5 Å². The zero-order valence-corrected chi connectivity index (χ0v) is 15.1. The molecular weight excluding hydrogens is 364 g/mol. The van der Waals surface area contributed by atoms with Gasteiger partial charge in [0.1, 0.15) is 6.61 Å². The van der Waals surface area contributed by atoms with Gasteiger partial charge in [-0.15, -0.1) is 0 Å². The number of rotatable bonds is 4. The summed E-state index contributed by atoms with van der Waals surface area (Å²) >= 11 is 0. The average Bonchev–Trinajstić information content (AvgIpc) is 3.39. The molecule has 1 N–H and O–H groups in total. The van der Waals surface area contributed by atoms with Crippen LogP contribution in [0.3, 0.4) is 0 Å². The van der Waals surface area contributed by atoms with Crippen LogP contribution < -0.4 is 0 Å². The summed E-state index contributed by atoms with van der Waals surface area (Å²) in [6.45, 7) is 1.86. The molecular formula is C21H17F2N3O2. The number of aryl methyl sites for hydroxylation is 1. The number of nitrogens with zero attached hydrogens (tertiary/aromatic N) is 3. The van der Waals surface area contributed by atoms with Crippen LogP contribution in [0.4, 0.5) is 8.78 Å². The van der Waals surface area contributed by atoms with Gasteiger partial charge in [0.2, 0.25) is 0 Å². The molecule has 7 heteroatoms. The molecule has 3 heterocycles. The number of ether oxygens (including phenoxy) is 1. The Morgan fingerprint density at radius 1 is 1.21 bits per heavy atom. The van der Waals surface area contributed by atoms with E-state index in [9.17, 15) is 13.9 Å². The lowest BCUT2D eigenvalue weighted by Crippen LogP contribution is -2.34. The summed E-state index contributed by atoms with van der Waals surface area (Å²) in [7, 11) is 0. The van der Waals surface area contributed by atoms with Crippen LogP contribution in [0.1, 0.15) is 16.8 Å². The minimum absolute atomic E-state index is 0.294. The van der Waals surface area contributed by atoms with E-state index < -0.39 is 11.7 Å². The predicted octanol–water partition coefficient (Wildman–Crippen LogP) is 3.75. The third-order valence-corrected chi connectivity index (χ3v) is 5.24. The van der Waals surface area contributed by atoms with Crippen LogP contribution in [0.2, 0.25) is 0 Å². The van der Waals surface area contributed by atoms with E-state index in [0.717, 1.165) is 27.5 Å². The number of aliphatic hydroxyl groups is 1. The summed E-state index contributed by atoms with van der Waals surface area (Å²) < 4.78 is 35.5. The standard InChI is InChI=1S/C21H17F2N3O2/c1-13-17-8-7-16(21(22,23)20(27)12-28-20)10-18(17)26(25-13)11-15-5-2-4-14-6-3-9-24-19(14)15/h2-10,27H,11-12H2,1H3. The molecule has 0 spiro atoms. The van der Waals surface area contributed by atoms with Crippen LogP contribution in [-0.4, -0.2) is 32.3 Å². The summed E-state index contributed by atoms with van der Waals surface area (Å²) in [5, 5.41) is 16.1. The second-order valence-corrected chi connectivity index (χ2v) is 7.11. The summed E-state index contributed by atoms with van der Waals surface area (Å²) in [5.74, 6) is -5.91. The number of fused-ring (bicyclic) bond motifs is 2. The highest BCUT2D eigenvalue weighted by Crippen LogP contribution is 2.47. The molecule has 5 nitrogen and oxygen atoms in total. The van der Waals surface area contributed by atoms with Crippen molar-refractivity contribution in [3.63, 3.8) is 0 Å². The fourth-order valence-electron chi connectivity index (χ4n) is 3.59. The Balaban J connectivity index is 1.62. The molecule has 0 bridgehead atoms. The van der Waals surface area contributed by atoms with Gasteiger partial charge >= 0.3 is 5.92 Å². The smallest absolute Gasteiger partial charge is 0.328 e. The quantitative estimate of drug-likeness (QED) is 0.547. The highest BCUT2D eigenvalue weighted by Gasteiger charge is 2.64. The summed E-state index contributed by atoms with van der Waals surface area (Å²) in [4.78, 5) is 4.45. The normalized spacial score (nSPS) is 19.4. The van der Waals surface area contributed by atoms with E-state index in [1.54, 1.807) is 16.9 Å². The number of hydrogen-bond donors (Lipinski definition) is 1. The number of halogens is 2. The second kappa shape index (κ2) is 5.80. The highest BCUT2D eigenvalue weighted by atomic mass is 19.3. The average molecular weight is 381 g/mol. The summed E-state index contributed by atoms with van der Waals surface area (Å²) in [6.07, 6.45) is 1.73. The molecule has 5 rings (SSSR count). The van der Waals surface area contributed by atoms with E-state index in [1.165, 1.54) is 12.1 Å². The SMILES string of the molecule is Cc1nn(Cc2cccc3cccnc23)c2cc(C(F)(F)C3(O)CO3)ccc12. The first-order chi connectivity index (χ1) is 13.4. The molecule has 0 radical (unpaired) electrons. The maximum Gasteiger partial charge on any atom is 0.328 e. The molecule has 2 aromatic carbocycles. The number of epoxide rings is 1. The first-order valence-corrected chi connectivity index (χ1v) is 8.93. The molecule has 28 heavy (non-hydrogen) atoms. The Labute approximate surface area is 159 Å². The van der Waals surface area contributed by atoms with Gasteiger partial charge in [0.25, 0.3) is 5.79 Å². The molecule has 1 saturated heterocycles. The van der Waals surface area contributed by atoms with Gasteiger partial charge < -0.3 is 9.84 Å². The van der Waals surface area contributed by atoms with Gasteiger partial charge in [0.15, 0.2) is 0 Å². The maximum atomic E-state index is 14.6. The molecule has 1 aliphatic rings. The van der Waals surface area contributed by atoms with Crippen molar-refractivity contribution < 1.29 is 18.6 Å². The lowest BCUT2D eigenvalue weighted by molar-refractivity contribution is -0.181. The van der Waals surface area contributed by atoms with Crippen molar-refractivity contribution in [3.8, 4) is 0 Å². The van der Waals surface area contributed by atoms with Crippen molar-refractivity contribution in [1.82, 2.24) is 14.8 Å². The molecule has 1 unspecified atom stereocenters. The van der Waals surface area contributed by atoms with Gasteiger partial charge in [-0.25, -0.2) is 0 Å². The molecule has 4 aromatic rings. The van der Waals surface area contributed by atoms with E-state index in [2.05, 4.69) is 14.8 Å². The van der Waals surface area contributed by atoms with E-state index in [0.29, 0.717) is 12.1 Å². The lowest BCUT2D eigenvalue weighted by Gasteiger charge is -2.19. The predicted molar refractivity (Wildman–Crippen MR) is 100 cm³/mol. The number of para-hydroxylation sites is 1. The molecule has 0 amide bonds. The second-order valence-electron chi connectivity index (χ2n) is 7.11. The Morgan fingerprint density at radius 3 is 2.79 bits per heavy atom. The third-order valence-electron chi connectivity index (χ3n) is 5.24. The Hall–Kier alpha value is -2.90. The van der Waals surface area contributed by atoms with E-state index in [4.69, 9.17) is 0 Å². The van der Waals surface area contributed by atoms with E-state index >= 15 is 0 Å². The zero-order valence-electron chi connectivity index (χ0n) is 15.1. The van der Waals surface area contributed by atoms with E-state index in [1.807, 2.05) is 37.3 Å². The van der Waals surface area contributed by atoms with E-state index in [-0.39, 0.29) is 12.2 Å². The fourth-order valence-corrected chi connectivity index (χ4v) is 3.59. The number of benzene rings is 2. The Morgan fingerprint density at radius 2 is 2.00 bits per heavy atom. The van der Waals surface area contributed by atoms with Crippen LogP contribution in [0.15, 0.2) is 54.7 Å². The third kappa shape index (κ3) is 2.51. The molecule has 0 saturated carbocycles. The van der Waals surface area contributed by atoms with Crippen LogP contribution >= 0.6 is 0 Å². The van der Waals surface area contributed by atoms with Crippen LogP contribution in [-0.2, 0) is 17.2 Å². The van der Waals surface area contributed by atoms with Gasteiger partial charge in [0.05, 0.1) is 23.3 Å². The van der Waals surface area contributed by atoms with Gasteiger partial charge in [-0.3, -0.25) is 9.67 Å². The van der Waals surface area contributed by atoms with Crippen molar-refractivity contribution >= 4 is 21.8 Å². The van der Waals surface area contributed by atoms with Crippen LogP contribution in [0.5, 0.6) is 0 Å². The fraction of sp³-hybridized carbons (Fsp3) is 0.238. The molecule has 1 fully saturated rings. The molecule has 2 aromatic heterocycles. The largest absolute Gasteiger partial charge is 0.359 e. The van der Waals surface area contributed by atoms with Gasteiger partial charge in [-0.2, -0.15) is 13.9 Å². The first-order valence-electron chi connectivity index (χ1n) is 8.93. The first kappa shape index (κ1) is 17.2. The molecule has 1 atom stereocenters. The summed E-state index contributed by atoms with van der Waals surface area (Å²) in [5.41, 5.74) is 2.83. The van der Waals surface area contributed by atoms with Gasteiger partial charge in [0, 0.05) is 22.5 Å². The van der Waals surface area contributed by atoms with Crippen LogP contribution in [0, 0.1) is 6.92 Å². The number of aromatic nitrogens is 3. The number of hydrogen-bond acceptors (Lipinski definition) is 4. The molecule has 1 aliphatic heterocycles. The highest BCUT2D eigenvalue weighted by molar-refractivity contribution is 5.84. The van der Waals surface area contributed by atoms with Gasteiger partial charge in [-0.1, -0.05) is 36.4 Å². The Kier molecular flexibility index (Phi) is 3.56. The zero-order chi connectivity index (χ0) is 19.5. The van der Waals surface area contributed by atoms with Crippen molar-refractivity contribution in [1.29, 1.82) is 0 Å². The minimum Gasteiger partial charge on any atom is -0.359 e. The minimum atomic E-state index is -3.49. The maximum absolute atomic E-state index is 14.6. The molecule has 142 valence electrons. The van der Waals surface area contributed by atoms with Gasteiger partial charge in [-0.05, 0) is 24.6 Å². The van der Waals surface area contributed by atoms with Crippen molar-refractivity contribution in [2.45, 2.75) is 25.2 Å². The topological polar surface area (TPSA) is 63.5 Å². The number of pyridine rings is 1. The monoisotopic (exact) mass is 381 g/mol. The Bertz CT molecular complexity index is 1210. The summed E-state index contributed by atoms with van der Waals surface area (Å²) in [6, 6.07) is 14.0. The van der Waals surface area contributed by atoms with Crippen molar-refractivity contribution in [2.24, 2.45) is 0 Å². The van der Waals surface area contributed by atoms with Crippen molar-refractivity contribution in [2.75, 3.05) is 6.61 Å². The number of alkyl halides is 2.